The molecule has 2 aromatic heterocycles. The number of nitrogens with one attached hydrogen (secondary N) is 1. The molecule has 186 valence electrons. The summed E-state index contributed by atoms with van der Waals surface area (Å²) in [6.07, 6.45) is 7.99. The fourth-order valence-corrected chi connectivity index (χ4v) is 6.83. The smallest absolute Gasteiger partial charge is 0.335 e. The Bertz CT molecular complexity index is 1690. The van der Waals surface area contributed by atoms with Gasteiger partial charge in [-0.25, -0.2) is 9.18 Å². The fraction of sp³-hybridized carbons (Fsp3) is 0.281. The van der Waals surface area contributed by atoms with Crippen LogP contribution in [-0.2, 0) is 13.0 Å². The Kier molecular flexibility index (Phi) is 5.20. The second-order valence-corrected chi connectivity index (χ2v) is 10.6. The minimum atomic E-state index is -0.889. The molecule has 1 fully saturated rings. The maximum atomic E-state index is 14.6. The quantitative estimate of drug-likeness (QED) is 0.266. The molecule has 7 rings (SSSR count). The van der Waals surface area contributed by atoms with E-state index in [9.17, 15) is 14.3 Å². The number of rotatable bonds is 3. The highest BCUT2D eigenvalue weighted by Gasteiger charge is 2.30. The van der Waals surface area contributed by atoms with Crippen LogP contribution < -0.4 is 0 Å². The summed E-state index contributed by atoms with van der Waals surface area (Å²) in [7, 11) is 0. The predicted molar refractivity (Wildman–Crippen MR) is 146 cm³/mol. The Balaban J connectivity index is 1.50. The molecule has 0 spiro atoms. The molecule has 4 nitrogen and oxygen atoms in total. The zero-order chi connectivity index (χ0) is 25.1. The molecule has 0 radical (unpaired) electrons. The number of carbonyl (C=O) groups is 1. The number of halogens is 1. The normalized spacial score (nSPS) is 16.0. The van der Waals surface area contributed by atoms with Crippen molar-refractivity contribution in [3.63, 3.8) is 0 Å². The van der Waals surface area contributed by atoms with Gasteiger partial charge in [0.05, 0.1) is 11.3 Å². The number of fused-ring (bicyclic) bond motifs is 7. The molecule has 0 saturated heterocycles. The molecule has 0 unspecified atom stereocenters. The second-order valence-electron chi connectivity index (χ2n) is 10.6. The molecule has 1 aliphatic heterocycles. The lowest BCUT2D eigenvalue weighted by molar-refractivity contribution is 0.0697. The number of aromatic carboxylic acids is 1. The van der Waals surface area contributed by atoms with Crippen molar-refractivity contribution in [2.75, 3.05) is 0 Å². The molecule has 1 saturated carbocycles. The maximum Gasteiger partial charge on any atom is 0.335 e. The summed E-state index contributed by atoms with van der Waals surface area (Å²) in [6.45, 7) is 0.850. The maximum absolute atomic E-state index is 14.6. The number of H-pyrrole nitrogens is 1. The molecule has 0 amide bonds. The van der Waals surface area contributed by atoms with E-state index in [0.29, 0.717) is 17.0 Å². The van der Waals surface area contributed by atoms with E-state index in [0.717, 1.165) is 41.5 Å². The zero-order valence-electron chi connectivity index (χ0n) is 20.7. The first kappa shape index (κ1) is 22.3. The summed E-state index contributed by atoms with van der Waals surface area (Å²) in [5, 5.41) is 12.1. The van der Waals surface area contributed by atoms with Crippen molar-refractivity contribution < 1.29 is 14.3 Å². The Morgan fingerprint density at radius 1 is 0.919 bits per heavy atom. The molecule has 0 bridgehead atoms. The summed E-state index contributed by atoms with van der Waals surface area (Å²) in [5.74, 6) is -0.639. The van der Waals surface area contributed by atoms with E-state index in [1.54, 1.807) is 12.1 Å². The molecule has 2 N–H and O–H groups in total. The van der Waals surface area contributed by atoms with Gasteiger partial charge in [-0.15, -0.1) is 0 Å². The molecule has 37 heavy (non-hydrogen) atoms. The Hall–Kier alpha value is -3.86. The largest absolute Gasteiger partial charge is 0.478 e. The van der Waals surface area contributed by atoms with Crippen LogP contribution >= 0.6 is 0 Å². The van der Waals surface area contributed by atoms with E-state index < -0.39 is 5.97 Å². The van der Waals surface area contributed by atoms with Gasteiger partial charge in [-0.1, -0.05) is 43.5 Å². The Morgan fingerprint density at radius 3 is 2.57 bits per heavy atom. The average molecular weight is 493 g/mol. The minimum Gasteiger partial charge on any atom is -0.478 e. The van der Waals surface area contributed by atoms with Crippen molar-refractivity contribution in [2.45, 2.75) is 57.4 Å². The SMILES string of the molecule is O=C(O)c1ccc2c(C3CCCCC3)c3n(c2c1)CCCc1c-3ccc2[nH]c(-c3ccccc3F)cc12. The first-order valence-electron chi connectivity index (χ1n) is 13.4. The molecular formula is C32H29FN2O2. The molecule has 1 aliphatic carbocycles. The van der Waals surface area contributed by atoms with Crippen LogP contribution in [0.1, 0.15) is 65.9 Å². The minimum absolute atomic E-state index is 0.228. The first-order chi connectivity index (χ1) is 18.1. The highest BCUT2D eigenvalue weighted by Crippen LogP contribution is 2.47. The van der Waals surface area contributed by atoms with Crippen molar-refractivity contribution in [3.8, 4) is 22.5 Å². The number of aryl methyl sites for hydroxylation is 2. The summed E-state index contributed by atoms with van der Waals surface area (Å²) in [4.78, 5) is 15.3. The summed E-state index contributed by atoms with van der Waals surface area (Å²) < 4.78 is 17.0. The van der Waals surface area contributed by atoms with E-state index in [-0.39, 0.29) is 5.82 Å². The van der Waals surface area contributed by atoms with Gasteiger partial charge < -0.3 is 14.7 Å². The van der Waals surface area contributed by atoms with Gasteiger partial charge in [0.1, 0.15) is 5.82 Å². The van der Waals surface area contributed by atoms with Gasteiger partial charge in [0.25, 0.3) is 0 Å². The lowest BCUT2D eigenvalue weighted by atomic mass is 9.81. The van der Waals surface area contributed by atoms with E-state index in [2.05, 4.69) is 27.8 Å². The lowest BCUT2D eigenvalue weighted by Gasteiger charge is -2.24. The number of carboxylic acids is 1. The second kappa shape index (κ2) is 8.62. The number of hydrogen-bond donors (Lipinski definition) is 2. The fourth-order valence-electron chi connectivity index (χ4n) is 6.83. The monoisotopic (exact) mass is 492 g/mol. The number of carboxylic acid groups (broad SMARTS) is 1. The van der Waals surface area contributed by atoms with Gasteiger partial charge in [-0.3, -0.25) is 0 Å². The molecule has 5 aromatic rings. The number of hydrogen-bond acceptors (Lipinski definition) is 1. The van der Waals surface area contributed by atoms with Gasteiger partial charge in [0.15, 0.2) is 0 Å². The third kappa shape index (κ3) is 3.51. The number of aromatic amines is 1. The van der Waals surface area contributed by atoms with Crippen molar-refractivity contribution in [3.05, 3.63) is 83.2 Å². The van der Waals surface area contributed by atoms with Gasteiger partial charge in [-0.2, -0.15) is 0 Å². The standard InChI is InChI=1S/C32H29FN2O2/c33-26-11-5-4-9-23(26)28-18-25-21-10-6-16-35-29-17-20(32(36)37)12-13-24(29)30(19-7-2-1-3-8-19)31(35)22(21)14-15-27(25)34-28/h4-5,9,11-15,17-19,34H,1-3,6-8,10,16H2,(H,36,37). The topological polar surface area (TPSA) is 58.0 Å². The summed E-state index contributed by atoms with van der Waals surface area (Å²) in [6, 6.07) is 19.0. The van der Waals surface area contributed by atoms with Gasteiger partial charge in [-0.05, 0) is 79.1 Å². The third-order valence-corrected chi connectivity index (χ3v) is 8.51. The predicted octanol–water partition coefficient (Wildman–Crippen LogP) is 8.29. The molecule has 0 atom stereocenters. The van der Waals surface area contributed by atoms with Crippen LogP contribution in [0, 0.1) is 5.82 Å². The van der Waals surface area contributed by atoms with Crippen molar-refractivity contribution in [1.29, 1.82) is 0 Å². The van der Waals surface area contributed by atoms with Crippen LogP contribution in [0.2, 0.25) is 0 Å². The van der Waals surface area contributed by atoms with E-state index in [4.69, 9.17) is 0 Å². The molecule has 2 aliphatic rings. The van der Waals surface area contributed by atoms with Crippen LogP contribution in [0.4, 0.5) is 4.39 Å². The molecule has 3 aromatic carbocycles. The van der Waals surface area contributed by atoms with E-state index >= 15 is 0 Å². The van der Waals surface area contributed by atoms with Crippen LogP contribution in [0.5, 0.6) is 0 Å². The van der Waals surface area contributed by atoms with Crippen molar-refractivity contribution in [2.24, 2.45) is 0 Å². The Labute approximate surface area is 214 Å². The molecule has 5 heteroatoms. The summed E-state index contributed by atoms with van der Waals surface area (Å²) >= 11 is 0. The summed E-state index contributed by atoms with van der Waals surface area (Å²) in [5.41, 5.74) is 8.95. The zero-order valence-corrected chi connectivity index (χ0v) is 20.7. The van der Waals surface area contributed by atoms with Gasteiger partial charge >= 0.3 is 5.97 Å². The first-order valence-corrected chi connectivity index (χ1v) is 13.4. The van der Waals surface area contributed by atoms with Crippen LogP contribution in [0.25, 0.3) is 44.3 Å². The highest BCUT2D eigenvalue weighted by molar-refractivity contribution is 6.01. The van der Waals surface area contributed by atoms with Crippen LogP contribution in [-0.4, -0.2) is 20.6 Å². The molecule has 3 heterocycles. The third-order valence-electron chi connectivity index (χ3n) is 8.51. The van der Waals surface area contributed by atoms with Crippen molar-refractivity contribution >= 4 is 27.8 Å². The van der Waals surface area contributed by atoms with E-state index in [1.165, 1.54) is 65.9 Å². The number of benzene rings is 3. The van der Waals surface area contributed by atoms with Crippen LogP contribution in [0.15, 0.2) is 60.7 Å². The van der Waals surface area contributed by atoms with Crippen molar-refractivity contribution in [1.82, 2.24) is 9.55 Å². The molecular weight excluding hydrogens is 463 g/mol. The van der Waals surface area contributed by atoms with Gasteiger partial charge in [0.2, 0.25) is 0 Å². The number of nitrogens with zero attached hydrogens (tertiary/aromatic N) is 1. The average Bonchev–Trinajstić information content (AvgIpc) is 3.43. The van der Waals surface area contributed by atoms with E-state index in [1.807, 2.05) is 24.3 Å². The van der Waals surface area contributed by atoms with Crippen LogP contribution in [0.3, 0.4) is 0 Å². The highest BCUT2D eigenvalue weighted by atomic mass is 19.1. The Morgan fingerprint density at radius 2 is 1.76 bits per heavy atom. The lowest BCUT2D eigenvalue weighted by Crippen LogP contribution is -2.07. The van der Waals surface area contributed by atoms with Gasteiger partial charge in [0, 0.05) is 45.2 Å². The number of aromatic nitrogens is 2.